The minimum Gasteiger partial charge on any atom is -0.492 e. The number of rotatable bonds is 8. The number of halogens is 1. The van der Waals surface area contributed by atoms with Gasteiger partial charge < -0.3 is 15.0 Å². The van der Waals surface area contributed by atoms with Crippen LogP contribution in [0.4, 0.5) is 0 Å². The van der Waals surface area contributed by atoms with Crippen molar-refractivity contribution in [3.8, 4) is 5.75 Å². The first-order chi connectivity index (χ1) is 12.9. The summed E-state index contributed by atoms with van der Waals surface area (Å²) in [7, 11) is 4.00. The van der Waals surface area contributed by atoms with Gasteiger partial charge in [-0.05, 0) is 57.0 Å². The molecule has 0 aliphatic carbocycles. The zero-order chi connectivity index (χ0) is 19.8. The maximum absolute atomic E-state index is 5.89. The first kappa shape index (κ1) is 21.1. The van der Waals surface area contributed by atoms with Gasteiger partial charge >= 0.3 is 0 Å². The maximum atomic E-state index is 5.89. The van der Waals surface area contributed by atoms with Crippen molar-refractivity contribution in [2.45, 2.75) is 27.2 Å². The number of aryl methyl sites for hydroxylation is 2. The fourth-order valence-corrected chi connectivity index (χ4v) is 2.99. The summed E-state index contributed by atoms with van der Waals surface area (Å²) < 4.78 is 7.70. The van der Waals surface area contributed by atoms with Gasteiger partial charge in [0.15, 0.2) is 5.96 Å². The first-order valence-electron chi connectivity index (χ1n) is 9.29. The third kappa shape index (κ3) is 6.17. The number of hydrogen-bond acceptors (Lipinski definition) is 3. The number of likely N-dealkylation sites (N-methyl/N-ethyl adjacent to an activating group) is 1. The highest BCUT2D eigenvalue weighted by Gasteiger charge is 2.10. The average Bonchev–Trinajstić information content (AvgIpc) is 2.88. The van der Waals surface area contributed by atoms with Gasteiger partial charge in [0, 0.05) is 37.9 Å². The van der Waals surface area contributed by atoms with Gasteiger partial charge in [-0.15, -0.1) is 0 Å². The summed E-state index contributed by atoms with van der Waals surface area (Å²) >= 11 is 5.89. The molecule has 6 nitrogen and oxygen atoms in total. The summed E-state index contributed by atoms with van der Waals surface area (Å²) in [5.41, 5.74) is 3.57. The average molecular weight is 392 g/mol. The number of nitrogens with zero attached hydrogens (tertiary/aromatic N) is 4. The summed E-state index contributed by atoms with van der Waals surface area (Å²) in [6.07, 6.45) is 0.884. The van der Waals surface area contributed by atoms with Crippen LogP contribution in [0.5, 0.6) is 5.75 Å². The lowest BCUT2D eigenvalue weighted by molar-refractivity contribution is 0.281. The molecule has 1 N–H and O–H groups in total. The molecule has 148 valence electrons. The smallest absolute Gasteiger partial charge is 0.193 e. The lowest BCUT2D eigenvalue weighted by atomic mass is 10.1. The van der Waals surface area contributed by atoms with Crippen molar-refractivity contribution in [2.75, 3.05) is 33.3 Å². The van der Waals surface area contributed by atoms with E-state index >= 15 is 0 Å². The fourth-order valence-electron chi connectivity index (χ4n) is 2.86. The summed E-state index contributed by atoms with van der Waals surface area (Å²) in [6.45, 7) is 9.08. The summed E-state index contributed by atoms with van der Waals surface area (Å²) in [6, 6.07) is 7.41. The fraction of sp³-hybridized carbons (Fsp3) is 0.500. The van der Waals surface area contributed by atoms with E-state index in [1.165, 1.54) is 11.3 Å². The first-order valence-corrected chi connectivity index (χ1v) is 9.67. The molecule has 0 bridgehead atoms. The molecule has 0 saturated heterocycles. The van der Waals surface area contributed by atoms with Crippen LogP contribution in [0.25, 0.3) is 0 Å². The normalized spacial score (nSPS) is 11.6. The number of hydrogen-bond donors (Lipinski definition) is 1. The minimum absolute atomic E-state index is 0.573. The van der Waals surface area contributed by atoms with Gasteiger partial charge in [0.1, 0.15) is 12.4 Å². The Morgan fingerprint density at radius 1 is 1.30 bits per heavy atom. The molecule has 0 radical (unpaired) electrons. The number of guanidine groups is 1. The second-order valence-electron chi connectivity index (χ2n) is 6.48. The highest BCUT2D eigenvalue weighted by Crippen LogP contribution is 2.15. The number of aliphatic imine (C=N–C) groups is 1. The quantitative estimate of drug-likeness (QED) is 0.554. The molecule has 0 saturated carbocycles. The van der Waals surface area contributed by atoms with Crippen molar-refractivity contribution in [1.82, 2.24) is 20.0 Å². The lowest BCUT2D eigenvalue weighted by Gasteiger charge is -2.22. The third-order valence-electron chi connectivity index (χ3n) is 4.49. The Hall–Kier alpha value is -2.21. The molecular weight excluding hydrogens is 362 g/mol. The minimum atomic E-state index is 0.573. The molecule has 0 spiro atoms. The molecule has 1 aromatic heterocycles. The van der Waals surface area contributed by atoms with Crippen molar-refractivity contribution in [3.05, 3.63) is 46.2 Å². The molecule has 0 atom stereocenters. The molecule has 0 fully saturated rings. The van der Waals surface area contributed by atoms with Crippen molar-refractivity contribution in [3.63, 3.8) is 0 Å². The molecule has 2 rings (SSSR count). The van der Waals surface area contributed by atoms with Gasteiger partial charge in [-0.1, -0.05) is 11.6 Å². The van der Waals surface area contributed by atoms with Crippen LogP contribution in [-0.4, -0.2) is 53.9 Å². The number of nitrogens with one attached hydrogen (secondary N) is 1. The van der Waals surface area contributed by atoms with Gasteiger partial charge in [0.05, 0.1) is 12.2 Å². The van der Waals surface area contributed by atoms with E-state index in [4.69, 9.17) is 21.3 Å². The van der Waals surface area contributed by atoms with Crippen molar-refractivity contribution >= 4 is 17.6 Å². The summed E-state index contributed by atoms with van der Waals surface area (Å²) in [5, 5.41) is 8.52. The zero-order valence-corrected chi connectivity index (χ0v) is 17.7. The van der Waals surface area contributed by atoms with E-state index in [0.29, 0.717) is 11.6 Å². The van der Waals surface area contributed by atoms with E-state index < -0.39 is 0 Å². The van der Waals surface area contributed by atoms with Crippen molar-refractivity contribution in [2.24, 2.45) is 12.0 Å². The van der Waals surface area contributed by atoms with Crippen LogP contribution in [0.3, 0.4) is 0 Å². The Labute approximate surface area is 167 Å². The molecule has 7 heteroatoms. The molecule has 0 unspecified atom stereocenters. The molecule has 1 heterocycles. The van der Waals surface area contributed by atoms with E-state index in [1.54, 1.807) is 0 Å². The predicted molar refractivity (Wildman–Crippen MR) is 112 cm³/mol. The Morgan fingerprint density at radius 3 is 2.59 bits per heavy atom. The molecule has 2 aromatic rings. The van der Waals surface area contributed by atoms with E-state index in [0.717, 1.165) is 43.5 Å². The Kier molecular flexibility index (Phi) is 7.98. The van der Waals surface area contributed by atoms with Gasteiger partial charge in [0.2, 0.25) is 0 Å². The van der Waals surface area contributed by atoms with Crippen LogP contribution in [-0.2, 0) is 13.5 Å². The van der Waals surface area contributed by atoms with E-state index in [2.05, 4.69) is 36.1 Å². The molecular formula is C20H30ClN5O. The highest BCUT2D eigenvalue weighted by atomic mass is 35.5. The standard InChI is InChI=1S/C20H30ClN5O/c1-6-22-20(23-12-11-19-15(2)24-26(5)16(19)3)25(4)13-14-27-18-9-7-17(21)8-10-18/h7-10H,6,11-14H2,1-5H3,(H,22,23). The Bertz CT molecular complexity index is 754. The number of ether oxygens (including phenoxy) is 1. The molecule has 0 amide bonds. The second-order valence-corrected chi connectivity index (χ2v) is 6.92. The van der Waals surface area contributed by atoms with Crippen LogP contribution >= 0.6 is 11.6 Å². The topological polar surface area (TPSA) is 54.7 Å². The number of aromatic nitrogens is 2. The molecule has 27 heavy (non-hydrogen) atoms. The van der Waals surface area contributed by atoms with Crippen LogP contribution < -0.4 is 10.1 Å². The van der Waals surface area contributed by atoms with Crippen LogP contribution in [0.15, 0.2) is 29.3 Å². The largest absolute Gasteiger partial charge is 0.492 e. The second kappa shape index (κ2) is 10.2. The predicted octanol–water partition coefficient (Wildman–Crippen LogP) is 3.21. The number of benzene rings is 1. The van der Waals surface area contributed by atoms with Gasteiger partial charge in [0.25, 0.3) is 0 Å². The van der Waals surface area contributed by atoms with E-state index in [-0.39, 0.29) is 0 Å². The van der Waals surface area contributed by atoms with E-state index in [9.17, 15) is 0 Å². The molecule has 0 aliphatic heterocycles. The lowest BCUT2D eigenvalue weighted by Crippen LogP contribution is -2.41. The van der Waals surface area contributed by atoms with E-state index in [1.807, 2.05) is 43.0 Å². The summed E-state index contributed by atoms with van der Waals surface area (Å²) in [5.74, 6) is 1.70. The molecule has 1 aromatic carbocycles. The molecule has 0 aliphatic rings. The Morgan fingerprint density at radius 2 is 2.00 bits per heavy atom. The maximum Gasteiger partial charge on any atom is 0.193 e. The van der Waals surface area contributed by atoms with Crippen LogP contribution in [0.2, 0.25) is 5.02 Å². The van der Waals surface area contributed by atoms with Crippen molar-refractivity contribution < 1.29 is 4.74 Å². The SMILES string of the molecule is CCNC(=NCCc1c(C)nn(C)c1C)N(C)CCOc1ccc(Cl)cc1. The highest BCUT2D eigenvalue weighted by molar-refractivity contribution is 6.30. The van der Waals surface area contributed by atoms with Gasteiger partial charge in [-0.25, -0.2) is 0 Å². The monoisotopic (exact) mass is 391 g/mol. The van der Waals surface area contributed by atoms with Gasteiger partial charge in [-0.3, -0.25) is 9.67 Å². The van der Waals surface area contributed by atoms with Gasteiger partial charge in [-0.2, -0.15) is 5.10 Å². The van der Waals surface area contributed by atoms with Crippen LogP contribution in [0, 0.1) is 13.8 Å². The Balaban J connectivity index is 1.88. The third-order valence-corrected chi connectivity index (χ3v) is 4.74. The van der Waals surface area contributed by atoms with Crippen molar-refractivity contribution in [1.29, 1.82) is 0 Å². The van der Waals surface area contributed by atoms with Crippen LogP contribution in [0.1, 0.15) is 23.9 Å². The zero-order valence-electron chi connectivity index (χ0n) is 16.9. The summed E-state index contributed by atoms with van der Waals surface area (Å²) in [4.78, 5) is 6.84.